The predicted molar refractivity (Wildman–Crippen MR) is 76.0 cm³/mol. The maximum Gasteiger partial charge on any atom is 0.308 e. The average molecular weight is 292 g/mol. The number of nitro groups is 1. The number of hydrogen-bond acceptors (Lipinski definition) is 4. The van der Waals surface area contributed by atoms with E-state index in [-0.39, 0.29) is 24.3 Å². The highest BCUT2D eigenvalue weighted by molar-refractivity contribution is 5.94. The van der Waals surface area contributed by atoms with Crippen molar-refractivity contribution in [3.63, 3.8) is 0 Å². The summed E-state index contributed by atoms with van der Waals surface area (Å²) in [5.41, 5.74) is 0.153. The van der Waals surface area contributed by atoms with Crippen LogP contribution in [0.1, 0.15) is 17.3 Å². The van der Waals surface area contributed by atoms with Gasteiger partial charge in [0.2, 0.25) is 0 Å². The Morgan fingerprint density at radius 1 is 1.43 bits per heavy atom. The molecule has 1 N–H and O–H groups in total. The van der Waals surface area contributed by atoms with Gasteiger partial charge in [-0.2, -0.15) is 0 Å². The molecule has 0 heterocycles. The number of hydrogen-bond donors (Lipinski definition) is 1. The van der Waals surface area contributed by atoms with E-state index in [4.69, 9.17) is 5.11 Å². The molecule has 7 heteroatoms. The van der Waals surface area contributed by atoms with Gasteiger partial charge in [-0.15, -0.1) is 6.58 Å². The third-order valence-electron chi connectivity index (χ3n) is 2.88. The highest BCUT2D eigenvalue weighted by Crippen LogP contribution is 2.14. The number of carboxylic acids is 1. The first-order valence-electron chi connectivity index (χ1n) is 6.24. The minimum absolute atomic E-state index is 0.0389. The standard InChI is InChI=1S/C14H16N2O5/c1-3-8-15(9-10(2)14(18)19)13(17)11-4-6-12(7-5-11)16(20)21/h3-7,10H,1,8-9H2,2H3,(H,18,19). The predicted octanol–water partition coefficient (Wildman–Crippen LogP) is 1.94. The lowest BCUT2D eigenvalue weighted by Gasteiger charge is -2.23. The van der Waals surface area contributed by atoms with Crippen molar-refractivity contribution in [2.75, 3.05) is 13.1 Å². The van der Waals surface area contributed by atoms with Crippen molar-refractivity contribution in [2.24, 2.45) is 5.92 Å². The van der Waals surface area contributed by atoms with Gasteiger partial charge in [-0.1, -0.05) is 13.0 Å². The Bertz CT molecular complexity index is 553. The number of benzene rings is 1. The fraction of sp³-hybridized carbons (Fsp3) is 0.286. The lowest BCUT2D eigenvalue weighted by molar-refractivity contribution is -0.384. The van der Waals surface area contributed by atoms with Crippen LogP contribution in [0.5, 0.6) is 0 Å². The molecule has 1 aromatic carbocycles. The maximum absolute atomic E-state index is 12.3. The summed E-state index contributed by atoms with van der Waals surface area (Å²) in [5.74, 6) is -2.11. The zero-order valence-corrected chi connectivity index (χ0v) is 11.6. The maximum atomic E-state index is 12.3. The number of amides is 1. The molecule has 1 amide bonds. The Balaban J connectivity index is 2.91. The fourth-order valence-corrected chi connectivity index (χ4v) is 1.71. The monoisotopic (exact) mass is 292 g/mol. The molecular weight excluding hydrogens is 276 g/mol. The van der Waals surface area contributed by atoms with Crippen molar-refractivity contribution in [2.45, 2.75) is 6.92 Å². The van der Waals surface area contributed by atoms with Gasteiger partial charge in [0, 0.05) is 30.8 Å². The first kappa shape index (κ1) is 16.4. The molecule has 1 rings (SSSR count). The quantitative estimate of drug-likeness (QED) is 0.470. The van der Waals surface area contributed by atoms with Crippen LogP contribution in [0.25, 0.3) is 0 Å². The van der Waals surface area contributed by atoms with Crippen LogP contribution < -0.4 is 0 Å². The number of carbonyl (C=O) groups excluding carboxylic acids is 1. The van der Waals surface area contributed by atoms with Crippen molar-refractivity contribution >= 4 is 17.6 Å². The minimum atomic E-state index is -0.999. The SMILES string of the molecule is C=CCN(CC(C)C(=O)O)C(=O)c1ccc([N+](=O)[O-])cc1. The summed E-state index contributed by atoms with van der Waals surface area (Å²) in [5, 5.41) is 19.5. The van der Waals surface area contributed by atoms with E-state index < -0.39 is 22.7 Å². The van der Waals surface area contributed by atoms with Crippen LogP contribution >= 0.6 is 0 Å². The first-order valence-corrected chi connectivity index (χ1v) is 6.24. The fourth-order valence-electron chi connectivity index (χ4n) is 1.71. The number of rotatable bonds is 7. The van der Waals surface area contributed by atoms with E-state index in [2.05, 4.69) is 6.58 Å². The lowest BCUT2D eigenvalue weighted by atomic mass is 10.1. The number of non-ortho nitro benzene ring substituents is 1. The molecule has 0 bridgehead atoms. The molecule has 1 unspecified atom stereocenters. The van der Waals surface area contributed by atoms with E-state index in [1.54, 1.807) is 0 Å². The van der Waals surface area contributed by atoms with E-state index in [1.807, 2.05) is 0 Å². The third kappa shape index (κ3) is 4.41. The molecule has 1 aromatic rings. The van der Waals surface area contributed by atoms with Gasteiger partial charge >= 0.3 is 5.97 Å². The molecule has 0 aliphatic carbocycles. The third-order valence-corrected chi connectivity index (χ3v) is 2.88. The van der Waals surface area contributed by atoms with Crippen LogP contribution in [0.4, 0.5) is 5.69 Å². The summed E-state index contributed by atoms with van der Waals surface area (Å²) in [4.78, 5) is 34.5. The number of carbonyl (C=O) groups is 2. The van der Waals surface area contributed by atoms with Crippen LogP contribution in [0.15, 0.2) is 36.9 Å². The molecule has 0 spiro atoms. The average Bonchev–Trinajstić information content (AvgIpc) is 2.45. The van der Waals surface area contributed by atoms with Crippen LogP contribution in [-0.2, 0) is 4.79 Å². The molecule has 7 nitrogen and oxygen atoms in total. The second kappa shape index (κ2) is 7.18. The molecule has 0 aromatic heterocycles. The van der Waals surface area contributed by atoms with Gasteiger partial charge in [-0.05, 0) is 12.1 Å². The van der Waals surface area contributed by atoms with E-state index in [9.17, 15) is 19.7 Å². The van der Waals surface area contributed by atoms with Gasteiger partial charge in [0.25, 0.3) is 11.6 Å². The largest absolute Gasteiger partial charge is 0.481 e. The van der Waals surface area contributed by atoms with Crippen LogP contribution in [-0.4, -0.2) is 39.9 Å². The van der Waals surface area contributed by atoms with Crippen molar-refractivity contribution in [3.05, 3.63) is 52.6 Å². The van der Waals surface area contributed by atoms with Crippen LogP contribution in [0.3, 0.4) is 0 Å². The highest BCUT2D eigenvalue weighted by atomic mass is 16.6. The van der Waals surface area contributed by atoms with Gasteiger partial charge in [0.1, 0.15) is 0 Å². The molecule has 0 aliphatic rings. The summed E-state index contributed by atoms with van der Waals surface area (Å²) in [6.07, 6.45) is 1.50. The van der Waals surface area contributed by atoms with Crippen molar-refractivity contribution in [1.29, 1.82) is 0 Å². The summed E-state index contributed by atoms with van der Waals surface area (Å²) in [6, 6.07) is 5.17. The number of carboxylic acid groups (broad SMARTS) is 1. The zero-order valence-electron chi connectivity index (χ0n) is 11.6. The molecule has 0 fully saturated rings. The Hall–Kier alpha value is -2.70. The van der Waals surface area contributed by atoms with Gasteiger partial charge < -0.3 is 10.0 Å². The first-order chi connectivity index (χ1) is 9.86. The van der Waals surface area contributed by atoms with Gasteiger partial charge in [0.05, 0.1) is 10.8 Å². The van der Waals surface area contributed by atoms with Crippen LogP contribution in [0.2, 0.25) is 0 Å². The molecule has 21 heavy (non-hydrogen) atoms. The second-order valence-corrected chi connectivity index (χ2v) is 4.54. The lowest BCUT2D eigenvalue weighted by Crippen LogP contribution is -2.37. The molecule has 0 saturated heterocycles. The Kier molecular flexibility index (Phi) is 5.59. The number of aliphatic carboxylic acids is 1. The molecule has 0 aliphatic heterocycles. The smallest absolute Gasteiger partial charge is 0.308 e. The molecule has 1 atom stereocenters. The van der Waals surface area contributed by atoms with E-state index in [0.29, 0.717) is 0 Å². The summed E-state index contributed by atoms with van der Waals surface area (Å²) < 4.78 is 0. The van der Waals surface area contributed by atoms with E-state index in [1.165, 1.54) is 42.2 Å². The second-order valence-electron chi connectivity index (χ2n) is 4.54. The molecule has 0 radical (unpaired) electrons. The number of nitrogens with zero attached hydrogens (tertiary/aromatic N) is 2. The summed E-state index contributed by atoms with van der Waals surface area (Å²) in [7, 11) is 0. The van der Waals surface area contributed by atoms with Gasteiger partial charge in [-0.3, -0.25) is 19.7 Å². The topological polar surface area (TPSA) is 101 Å². The van der Waals surface area contributed by atoms with Crippen molar-refractivity contribution < 1.29 is 19.6 Å². The Morgan fingerprint density at radius 3 is 2.43 bits per heavy atom. The minimum Gasteiger partial charge on any atom is -0.481 e. The highest BCUT2D eigenvalue weighted by Gasteiger charge is 2.21. The summed E-state index contributed by atoms with van der Waals surface area (Å²) in [6.45, 7) is 5.28. The van der Waals surface area contributed by atoms with Crippen molar-refractivity contribution in [1.82, 2.24) is 4.90 Å². The van der Waals surface area contributed by atoms with E-state index >= 15 is 0 Å². The molecule has 0 saturated carbocycles. The normalized spacial score (nSPS) is 11.5. The zero-order chi connectivity index (χ0) is 16.0. The Morgan fingerprint density at radius 2 is 2.00 bits per heavy atom. The van der Waals surface area contributed by atoms with Crippen molar-refractivity contribution in [3.8, 4) is 0 Å². The van der Waals surface area contributed by atoms with E-state index in [0.717, 1.165) is 0 Å². The van der Waals surface area contributed by atoms with Gasteiger partial charge in [0.15, 0.2) is 0 Å². The number of nitro benzene ring substituents is 1. The Labute approximate surface area is 121 Å². The van der Waals surface area contributed by atoms with Gasteiger partial charge in [-0.25, -0.2) is 0 Å². The van der Waals surface area contributed by atoms with Crippen LogP contribution in [0, 0.1) is 16.0 Å². The molecular formula is C14H16N2O5. The molecule has 112 valence electrons. The summed E-state index contributed by atoms with van der Waals surface area (Å²) >= 11 is 0.